The molecule has 0 aliphatic heterocycles. The molecule has 20 heteroatoms. The highest BCUT2D eigenvalue weighted by Crippen LogP contribution is 2.12. The van der Waals surface area contributed by atoms with E-state index in [1.54, 1.807) is 38.1 Å². The van der Waals surface area contributed by atoms with E-state index in [0.717, 1.165) is 0 Å². The average Bonchev–Trinajstić information content (AvgIpc) is 3.21. The zero-order valence-electron chi connectivity index (χ0n) is 35.2. The van der Waals surface area contributed by atoms with Crippen molar-refractivity contribution in [2.45, 2.75) is 64.8 Å². The molecule has 0 saturated carbocycles. The van der Waals surface area contributed by atoms with Gasteiger partial charge in [0.25, 0.3) is 0 Å². The quantitative estimate of drug-likeness (QED) is 0.0390. The molecule has 0 aromatic heterocycles. The van der Waals surface area contributed by atoms with Crippen molar-refractivity contribution >= 4 is 35.3 Å². The molecule has 59 heavy (non-hydrogen) atoms. The van der Waals surface area contributed by atoms with Gasteiger partial charge in [-0.1, -0.05) is 26.0 Å². The maximum atomic E-state index is 13.5. The Morgan fingerprint density at radius 2 is 1.15 bits per heavy atom. The van der Waals surface area contributed by atoms with Gasteiger partial charge >= 0.3 is 6.03 Å². The maximum Gasteiger partial charge on any atom is 0.312 e. The molecule has 0 spiro atoms. The number of urea groups is 1. The fourth-order valence-corrected chi connectivity index (χ4v) is 5.07. The van der Waals surface area contributed by atoms with E-state index in [1.807, 2.05) is 6.92 Å². The van der Waals surface area contributed by atoms with Gasteiger partial charge in [0, 0.05) is 25.4 Å². The molecule has 20 nitrogen and oxygen atoms in total. The number of likely N-dealkylation sites (N-methyl/N-ethyl adjacent to an activating group) is 1. The van der Waals surface area contributed by atoms with Crippen molar-refractivity contribution in [2.75, 3.05) is 118 Å². The molecule has 3 atom stereocenters. The van der Waals surface area contributed by atoms with Crippen LogP contribution in [0.4, 0.5) is 10.5 Å². The highest BCUT2D eigenvalue weighted by molar-refractivity contribution is 5.99. The Kier molecular flexibility index (Phi) is 31.3. The van der Waals surface area contributed by atoms with Crippen LogP contribution in [0.2, 0.25) is 0 Å². The molecular formula is C39H69N7O13. The molecule has 338 valence electrons. The predicted octanol–water partition coefficient (Wildman–Crippen LogP) is -0.578. The standard InChI is InChI=1S/C39H69N7O13/c1-5-53-15-16-55-19-20-57-23-24-59-26-25-58-22-21-56-18-17-54-14-13-42-34(48)27-33(41-4)37(50)46-35(29(2)3)38(51)45-32(7-6-12-43-39(40)52)36(49)44-31-10-8-30(28-47)9-11-31/h8-11,29,32-33,35,41,47H,5-7,12-28H2,1-4H3,(H,42,48)(H,44,49)(H,45,51)(H,46,50)(H3,40,43,52)/t32-,33-,35-/m0/s1. The molecule has 0 unspecified atom stereocenters. The molecular weight excluding hydrogens is 774 g/mol. The van der Waals surface area contributed by atoms with Crippen molar-refractivity contribution in [1.29, 1.82) is 0 Å². The highest BCUT2D eigenvalue weighted by Gasteiger charge is 2.31. The molecule has 1 aromatic rings. The van der Waals surface area contributed by atoms with Gasteiger partial charge in [0.15, 0.2) is 0 Å². The molecule has 1 aromatic carbocycles. The number of aliphatic hydroxyl groups excluding tert-OH is 1. The second kappa shape index (κ2) is 34.8. The fraction of sp³-hybridized carbons (Fsp3) is 0.718. The van der Waals surface area contributed by atoms with Crippen LogP contribution in [0.25, 0.3) is 0 Å². The van der Waals surface area contributed by atoms with Crippen molar-refractivity contribution in [1.82, 2.24) is 26.6 Å². The summed E-state index contributed by atoms with van der Waals surface area (Å²) >= 11 is 0. The maximum absolute atomic E-state index is 13.5. The largest absolute Gasteiger partial charge is 0.392 e. The van der Waals surface area contributed by atoms with Crippen LogP contribution in [0.1, 0.15) is 45.6 Å². The van der Waals surface area contributed by atoms with E-state index in [0.29, 0.717) is 104 Å². The summed E-state index contributed by atoms with van der Waals surface area (Å²) in [6.45, 7) is 12.1. The van der Waals surface area contributed by atoms with E-state index in [2.05, 4.69) is 31.9 Å². The number of aliphatic hydroxyl groups is 1. The smallest absolute Gasteiger partial charge is 0.312 e. The van der Waals surface area contributed by atoms with Gasteiger partial charge in [-0.25, -0.2) is 4.79 Å². The molecule has 9 N–H and O–H groups in total. The molecule has 0 saturated heterocycles. The number of ether oxygens (including phenoxy) is 7. The number of nitrogens with one attached hydrogen (secondary N) is 6. The van der Waals surface area contributed by atoms with E-state index in [1.165, 1.54) is 7.05 Å². The third kappa shape index (κ3) is 27.4. The predicted molar refractivity (Wildman–Crippen MR) is 218 cm³/mol. The van der Waals surface area contributed by atoms with Crippen LogP contribution in [-0.4, -0.2) is 166 Å². The highest BCUT2D eigenvalue weighted by atomic mass is 16.6. The van der Waals surface area contributed by atoms with Crippen LogP contribution >= 0.6 is 0 Å². The average molecular weight is 844 g/mol. The van der Waals surface area contributed by atoms with Crippen molar-refractivity contribution in [3.05, 3.63) is 29.8 Å². The van der Waals surface area contributed by atoms with Gasteiger partial charge < -0.3 is 75.9 Å². The third-order valence-electron chi connectivity index (χ3n) is 8.31. The number of hydrogen-bond acceptors (Lipinski definition) is 14. The summed E-state index contributed by atoms with van der Waals surface area (Å²) in [6.07, 6.45) is 0.269. The molecule has 0 fully saturated rings. The Hall–Kier alpha value is -3.99. The van der Waals surface area contributed by atoms with Crippen LogP contribution in [0.15, 0.2) is 24.3 Å². The van der Waals surface area contributed by atoms with Crippen LogP contribution in [-0.2, 0) is 58.9 Å². The number of amides is 6. The lowest BCUT2D eigenvalue weighted by Gasteiger charge is -2.27. The SMILES string of the molecule is CCOCCOCCOCCOCCOCCOCCOCCNC(=O)C[C@H](NC)C(=O)N[C@H](C(=O)N[C@@H](CCCNC(N)=O)C(=O)Nc1ccc(CO)cc1)C(C)C. The number of nitrogens with two attached hydrogens (primary N) is 1. The van der Waals surface area contributed by atoms with Crippen molar-refractivity contribution in [3.63, 3.8) is 0 Å². The molecule has 1 rings (SSSR count). The van der Waals surface area contributed by atoms with E-state index in [-0.39, 0.29) is 45.1 Å². The van der Waals surface area contributed by atoms with Gasteiger partial charge in [-0.15, -0.1) is 0 Å². The summed E-state index contributed by atoms with van der Waals surface area (Å²) in [4.78, 5) is 63.7. The van der Waals surface area contributed by atoms with Gasteiger partial charge in [-0.05, 0) is 50.4 Å². The second-order valence-electron chi connectivity index (χ2n) is 13.3. The Bertz CT molecular complexity index is 1290. The Morgan fingerprint density at radius 1 is 0.644 bits per heavy atom. The number of primary amides is 1. The van der Waals surface area contributed by atoms with Crippen LogP contribution in [0, 0.1) is 5.92 Å². The lowest BCUT2D eigenvalue weighted by atomic mass is 10.0. The number of carbonyl (C=O) groups is 5. The summed E-state index contributed by atoms with van der Waals surface area (Å²) in [5, 5.41) is 25.5. The molecule has 0 bridgehead atoms. The first-order valence-corrected chi connectivity index (χ1v) is 20.1. The molecule has 0 aliphatic carbocycles. The van der Waals surface area contributed by atoms with Gasteiger partial charge in [-0.2, -0.15) is 0 Å². The molecule has 0 radical (unpaired) electrons. The van der Waals surface area contributed by atoms with Gasteiger partial charge in [0.1, 0.15) is 12.1 Å². The monoisotopic (exact) mass is 843 g/mol. The summed E-state index contributed by atoms with van der Waals surface area (Å²) in [7, 11) is 1.53. The number of rotatable bonds is 37. The van der Waals surface area contributed by atoms with Crippen molar-refractivity contribution in [2.24, 2.45) is 11.7 Å². The van der Waals surface area contributed by atoms with Gasteiger partial charge in [0.05, 0.1) is 105 Å². The number of hydrogen-bond donors (Lipinski definition) is 8. The number of carbonyl (C=O) groups excluding carboxylic acids is 5. The summed E-state index contributed by atoms with van der Waals surface area (Å²) < 4.78 is 37.9. The molecule has 6 amide bonds. The normalized spacial score (nSPS) is 12.7. The summed E-state index contributed by atoms with van der Waals surface area (Å²) in [5.74, 6) is -2.47. The van der Waals surface area contributed by atoms with Crippen LogP contribution < -0.4 is 37.6 Å². The van der Waals surface area contributed by atoms with Gasteiger partial charge in [-0.3, -0.25) is 19.2 Å². The first kappa shape index (κ1) is 53.0. The Labute approximate surface area is 348 Å². The van der Waals surface area contributed by atoms with Crippen LogP contribution in [0.3, 0.4) is 0 Å². The van der Waals surface area contributed by atoms with Crippen molar-refractivity contribution in [3.8, 4) is 0 Å². The minimum absolute atomic E-state index is 0.152. The Balaban J connectivity index is 2.34. The number of benzene rings is 1. The lowest BCUT2D eigenvalue weighted by molar-refractivity contribution is -0.133. The van der Waals surface area contributed by atoms with E-state index in [4.69, 9.17) is 38.9 Å². The summed E-state index contributed by atoms with van der Waals surface area (Å²) in [6, 6.07) is 2.81. The lowest BCUT2D eigenvalue weighted by Crippen LogP contribution is -2.57. The van der Waals surface area contributed by atoms with Crippen molar-refractivity contribution < 1.29 is 62.2 Å². The first-order chi connectivity index (χ1) is 28.5. The van der Waals surface area contributed by atoms with Crippen LogP contribution in [0.5, 0.6) is 0 Å². The Morgan fingerprint density at radius 3 is 1.61 bits per heavy atom. The van der Waals surface area contributed by atoms with E-state index in [9.17, 15) is 29.1 Å². The van der Waals surface area contributed by atoms with Gasteiger partial charge in [0.2, 0.25) is 23.6 Å². The molecule has 0 heterocycles. The zero-order chi connectivity index (χ0) is 43.5. The third-order valence-corrected chi connectivity index (χ3v) is 8.31. The first-order valence-electron chi connectivity index (χ1n) is 20.1. The fourth-order valence-electron chi connectivity index (χ4n) is 5.07. The topological polar surface area (TPSA) is 268 Å². The number of anilines is 1. The zero-order valence-corrected chi connectivity index (χ0v) is 35.2. The molecule has 0 aliphatic rings. The minimum Gasteiger partial charge on any atom is -0.392 e. The van der Waals surface area contributed by atoms with E-state index < -0.39 is 47.8 Å². The minimum atomic E-state index is -1.04. The second-order valence-corrected chi connectivity index (χ2v) is 13.3. The van der Waals surface area contributed by atoms with E-state index >= 15 is 0 Å². The summed E-state index contributed by atoms with van der Waals surface area (Å²) in [5.41, 5.74) is 6.25.